The maximum Gasteiger partial charge on any atom is 0.240 e. The minimum absolute atomic E-state index is 0.00273. The standard InChI is InChI=1S/C14H26N2O/c1-5-7-12-15-10(2)13(17)16(12)11-8-6-9-14(11,3)4/h10-12,15H,5-9H2,1-4H3. The van der Waals surface area contributed by atoms with Gasteiger partial charge in [-0.05, 0) is 31.6 Å². The Kier molecular flexibility index (Phi) is 3.48. The van der Waals surface area contributed by atoms with Gasteiger partial charge in [0.05, 0.1) is 12.2 Å². The van der Waals surface area contributed by atoms with Gasteiger partial charge in [-0.1, -0.05) is 33.6 Å². The van der Waals surface area contributed by atoms with Crippen LogP contribution in [0.25, 0.3) is 0 Å². The third-order valence-electron chi connectivity index (χ3n) is 4.50. The van der Waals surface area contributed by atoms with E-state index in [1.807, 2.05) is 6.92 Å². The van der Waals surface area contributed by atoms with Gasteiger partial charge in [-0.3, -0.25) is 10.1 Å². The lowest BCUT2D eigenvalue weighted by Crippen LogP contribution is -2.48. The molecule has 2 rings (SSSR count). The normalized spacial score (nSPS) is 36.8. The largest absolute Gasteiger partial charge is 0.322 e. The summed E-state index contributed by atoms with van der Waals surface area (Å²) in [6.07, 6.45) is 6.14. The van der Waals surface area contributed by atoms with Crippen molar-refractivity contribution in [2.24, 2.45) is 5.41 Å². The van der Waals surface area contributed by atoms with Crippen molar-refractivity contribution < 1.29 is 4.79 Å². The average molecular weight is 238 g/mol. The summed E-state index contributed by atoms with van der Waals surface area (Å²) in [6, 6.07) is 0.437. The molecule has 2 fully saturated rings. The van der Waals surface area contributed by atoms with E-state index in [2.05, 4.69) is 31.0 Å². The van der Waals surface area contributed by atoms with Gasteiger partial charge in [0.1, 0.15) is 0 Å². The summed E-state index contributed by atoms with van der Waals surface area (Å²) in [5.41, 5.74) is 0.285. The summed E-state index contributed by atoms with van der Waals surface area (Å²) in [5, 5.41) is 3.45. The van der Waals surface area contributed by atoms with E-state index >= 15 is 0 Å². The number of nitrogens with one attached hydrogen (secondary N) is 1. The van der Waals surface area contributed by atoms with Gasteiger partial charge in [-0.25, -0.2) is 0 Å². The minimum atomic E-state index is 0.00273. The van der Waals surface area contributed by atoms with Crippen LogP contribution in [0.1, 0.15) is 59.8 Å². The smallest absolute Gasteiger partial charge is 0.240 e. The Morgan fingerprint density at radius 3 is 2.71 bits per heavy atom. The number of hydrogen-bond donors (Lipinski definition) is 1. The molecule has 3 nitrogen and oxygen atoms in total. The highest BCUT2D eigenvalue weighted by Gasteiger charge is 2.47. The maximum absolute atomic E-state index is 12.3. The van der Waals surface area contributed by atoms with Crippen LogP contribution >= 0.6 is 0 Å². The Bertz CT molecular complexity index is 301. The molecule has 2 aliphatic rings. The zero-order valence-electron chi connectivity index (χ0n) is 11.6. The van der Waals surface area contributed by atoms with Gasteiger partial charge in [0, 0.05) is 6.04 Å². The highest BCUT2D eigenvalue weighted by Crippen LogP contribution is 2.42. The molecule has 1 heterocycles. The van der Waals surface area contributed by atoms with Gasteiger partial charge in [0.15, 0.2) is 0 Å². The van der Waals surface area contributed by atoms with Crippen LogP contribution in [0, 0.1) is 5.41 Å². The van der Waals surface area contributed by atoms with Crippen LogP contribution < -0.4 is 5.32 Å². The van der Waals surface area contributed by atoms with E-state index in [1.165, 1.54) is 19.3 Å². The van der Waals surface area contributed by atoms with E-state index in [0.717, 1.165) is 12.8 Å². The van der Waals surface area contributed by atoms with Crippen LogP contribution in [0.15, 0.2) is 0 Å². The predicted octanol–water partition coefficient (Wildman–Crippen LogP) is 2.51. The minimum Gasteiger partial charge on any atom is -0.322 e. The van der Waals surface area contributed by atoms with Crippen LogP contribution in [0.5, 0.6) is 0 Å². The van der Waals surface area contributed by atoms with Crippen molar-refractivity contribution >= 4 is 5.91 Å². The number of rotatable bonds is 3. The van der Waals surface area contributed by atoms with E-state index in [9.17, 15) is 4.79 Å². The third-order valence-corrected chi connectivity index (χ3v) is 4.50. The fourth-order valence-corrected chi connectivity index (χ4v) is 3.51. The number of nitrogens with zero attached hydrogens (tertiary/aromatic N) is 1. The topological polar surface area (TPSA) is 32.3 Å². The molecule has 3 heteroatoms. The maximum atomic E-state index is 12.3. The van der Waals surface area contributed by atoms with Crippen molar-refractivity contribution in [1.82, 2.24) is 10.2 Å². The first-order valence-corrected chi connectivity index (χ1v) is 7.05. The Hall–Kier alpha value is -0.570. The highest BCUT2D eigenvalue weighted by atomic mass is 16.2. The Morgan fingerprint density at radius 1 is 1.47 bits per heavy atom. The number of hydrogen-bond acceptors (Lipinski definition) is 2. The lowest BCUT2D eigenvalue weighted by atomic mass is 9.86. The Balaban J connectivity index is 2.19. The second-order valence-electron chi connectivity index (χ2n) is 6.33. The van der Waals surface area contributed by atoms with Crippen molar-refractivity contribution in [2.75, 3.05) is 0 Å². The molecule has 0 aromatic carbocycles. The summed E-state index contributed by atoms with van der Waals surface area (Å²) in [5.74, 6) is 0.309. The molecule has 1 amide bonds. The van der Waals surface area contributed by atoms with Crippen molar-refractivity contribution in [3.05, 3.63) is 0 Å². The summed E-state index contributed by atoms with van der Waals surface area (Å²) < 4.78 is 0. The SMILES string of the molecule is CCCC1NC(C)C(=O)N1C1CCCC1(C)C. The Labute approximate surface area is 105 Å². The molecule has 1 aliphatic heterocycles. The van der Waals surface area contributed by atoms with Crippen LogP contribution in [0.4, 0.5) is 0 Å². The summed E-state index contributed by atoms with van der Waals surface area (Å²) in [6.45, 7) is 8.80. The third kappa shape index (κ3) is 2.22. The van der Waals surface area contributed by atoms with Crippen LogP contribution in [0.3, 0.4) is 0 Å². The molecule has 3 atom stereocenters. The lowest BCUT2D eigenvalue weighted by Gasteiger charge is -2.38. The summed E-state index contributed by atoms with van der Waals surface area (Å²) in [7, 11) is 0. The van der Waals surface area contributed by atoms with Crippen molar-refractivity contribution in [3.63, 3.8) is 0 Å². The molecule has 3 unspecified atom stereocenters. The van der Waals surface area contributed by atoms with E-state index in [1.54, 1.807) is 0 Å². The molecule has 17 heavy (non-hydrogen) atoms. The number of carbonyl (C=O) groups is 1. The molecule has 0 spiro atoms. The molecular weight excluding hydrogens is 212 g/mol. The van der Waals surface area contributed by atoms with Crippen molar-refractivity contribution in [2.45, 2.75) is 78.0 Å². The van der Waals surface area contributed by atoms with E-state index in [4.69, 9.17) is 0 Å². The average Bonchev–Trinajstić information content (AvgIpc) is 2.70. The van der Waals surface area contributed by atoms with Gasteiger partial charge < -0.3 is 4.90 Å². The first-order valence-electron chi connectivity index (χ1n) is 7.05. The zero-order valence-corrected chi connectivity index (χ0v) is 11.6. The summed E-state index contributed by atoms with van der Waals surface area (Å²) >= 11 is 0. The second kappa shape index (κ2) is 4.60. The molecular formula is C14H26N2O. The molecule has 1 saturated heterocycles. The lowest BCUT2D eigenvalue weighted by molar-refractivity contribution is -0.134. The van der Waals surface area contributed by atoms with Crippen molar-refractivity contribution in [3.8, 4) is 0 Å². The molecule has 1 N–H and O–H groups in total. The van der Waals surface area contributed by atoms with Crippen LogP contribution in [-0.2, 0) is 4.79 Å². The fraction of sp³-hybridized carbons (Fsp3) is 0.929. The van der Waals surface area contributed by atoms with E-state index < -0.39 is 0 Å². The van der Waals surface area contributed by atoms with Gasteiger partial charge in [0.2, 0.25) is 5.91 Å². The quantitative estimate of drug-likeness (QED) is 0.819. The molecule has 1 saturated carbocycles. The molecule has 1 aliphatic carbocycles. The van der Waals surface area contributed by atoms with Crippen molar-refractivity contribution in [1.29, 1.82) is 0 Å². The van der Waals surface area contributed by atoms with E-state index in [0.29, 0.717) is 11.9 Å². The zero-order chi connectivity index (χ0) is 12.6. The monoisotopic (exact) mass is 238 g/mol. The number of amides is 1. The van der Waals surface area contributed by atoms with Gasteiger partial charge >= 0.3 is 0 Å². The van der Waals surface area contributed by atoms with Gasteiger partial charge in [-0.2, -0.15) is 0 Å². The molecule has 0 bridgehead atoms. The molecule has 0 radical (unpaired) electrons. The Morgan fingerprint density at radius 2 is 2.18 bits per heavy atom. The second-order valence-corrected chi connectivity index (χ2v) is 6.33. The predicted molar refractivity (Wildman–Crippen MR) is 69.6 cm³/mol. The first-order chi connectivity index (χ1) is 7.97. The molecule has 98 valence electrons. The molecule has 0 aromatic heterocycles. The van der Waals surface area contributed by atoms with E-state index in [-0.39, 0.29) is 17.6 Å². The van der Waals surface area contributed by atoms with Crippen LogP contribution in [0.2, 0.25) is 0 Å². The molecule has 0 aromatic rings. The number of carbonyl (C=O) groups excluding carboxylic acids is 1. The fourth-order valence-electron chi connectivity index (χ4n) is 3.51. The highest BCUT2D eigenvalue weighted by molar-refractivity contribution is 5.84. The summed E-state index contributed by atoms with van der Waals surface area (Å²) in [4.78, 5) is 14.5. The first kappa shape index (κ1) is 12.9. The van der Waals surface area contributed by atoms with Gasteiger partial charge in [-0.15, -0.1) is 0 Å². The van der Waals surface area contributed by atoms with Gasteiger partial charge in [0.25, 0.3) is 0 Å². The van der Waals surface area contributed by atoms with Crippen LogP contribution in [-0.4, -0.2) is 29.1 Å².